The number of hydrogen-bond acceptors (Lipinski definition) is 2. The van der Waals surface area contributed by atoms with E-state index in [0.717, 1.165) is 16.5 Å². The van der Waals surface area contributed by atoms with Gasteiger partial charge in [-0.2, -0.15) is 0 Å². The highest BCUT2D eigenvalue weighted by atomic mass is 35.5. The average Bonchev–Trinajstić information content (AvgIpc) is 2.40. The summed E-state index contributed by atoms with van der Waals surface area (Å²) in [6.45, 7) is 2.11. The number of halogens is 1. The minimum atomic E-state index is 0.193. The Morgan fingerprint density at radius 1 is 1.06 bits per heavy atom. The largest absolute Gasteiger partial charge is 0.495 e. The molecule has 2 aromatic carbocycles. The van der Waals surface area contributed by atoms with E-state index in [1.165, 1.54) is 5.56 Å². The van der Waals surface area contributed by atoms with Crippen molar-refractivity contribution in [2.45, 2.75) is 13.0 Å². The van der Waals surface area contributed by atoms with Crippen molar-refractivity contribution in [3.05, 3.63) is 59.1 Å². The van der Waals surface area contributed by atoms with Crippen molar-refractivity contribution in [2.75, 3.05) is 12.4 Å². The van der Waals surface area contributed by atoms with Gasteiger partial charge in [0.1, 0.15) is 5.75 Å². The lowest BCUT2D eigenvalue weighted by molar-refractivity contribution is 0.416. The fraction of sp³-hybridized carbons (Fsp3) is 0.200. The summed E-state index contributed by atoms with van der Waals surface area (Å²) >= 11 is 5.88. The van der Waals surface area contributed by atoms with E-state index in [4.69, 9.17) is 16.3 Å². The van der Waals surface area contributed by atoms with Gasteiger partial charge in [-0.15, -0.1) is 0 Å². The number of methoxy groups -OCH3 is 1. The molecule has 1 atom stereocenters. The zero-order chi connectivity index (χ0) is 13.0. The molecule has 0 bridgehead atoms. The van der Waals surface area contributed by atoms with E-state index in [1.54, 1.807) is 7.11 Å². The second-order valence-corrected chi connectivity index (χ2v) is 4.55. The lowest BCUT2D eigenvalue weighted by Gasteiger charge is -2.17. The second-order valence-electron chi connectivity index (χ2n) is 4.12. The van der Waals surface area contributed by atoms with Crippen molar-refractivity contribution in [1.82, 2.24) is 0 Å². The Morgan fingerprint density at radius 2 is 1.72 bits per heavy atom. The molecule has 2 rings (SSSR count). The van der Waals surface area contributed by atoms with Gasteiger partial charge in [0.15, 0.2) is 0 Å². The van der Waals surface area contributed by atoms with Crippen LogP contribution < -0.4 is 10.1 Å². The molecule has 1 N–H and O–H groups in total. The van der Waals surface area contributed by atoms with Crippen molar-refractivity contribution >= 4 is 17.3 Å². The van der Waals surface area contributed by atoms with Crippen LogP contribution in [-0.4, -0.2) is 7.11 Å². The van der Waals surface area contributed by atoms with Gasteiger partial charge in [0.2, 0.25) is 0 Å². The number of para-hydroxylation sites is 2. The zero-order valence-electron chi connectivity index (χ0n) is 10.5. The molecule has 2 nitrogen and oxygen atoms in total. The smallest absolute Gasteiger partial charge is 0.141 e. The summed E-state index contributed by atoms with van der Waals surface area (Å²) in [7, 11) is 1.67. The van der Waals surface area contributed by atoms with E-state index in [0.29, 0.717) is 0 Å². The maximum atomic E-state index is 5.88. The quantitative estimate of drug-likeness (QED) is 0.874. The Balaban J connectivity index is 2.15. The first kappa shape index (κ1) is 12.8. The third-order valence-electron chi connectivity index (χ3n) is 2.85. The Morgan fingerprint density at radius 3 is 2.39 bits per heavy atom. The number of nitrogens with one attached hydrogen (secondary N) is 1. The van der Waals surface area contributed by atoms with Gasteiger partial charge in [-0.25, -0.2) is 0 Å². The Kier molecular flexibility index (Phi) is 4.11. The molecule has 0 saturated carbocycles. The fourth-order valence-corrected chi connectivity index (χ4v) is 1.96. The van der Waals surface area contributed by atoms with Gasteiger partial charge in [0, 0.05) is 11.1 Å². The van der Waals surface area contributed by atoms with Crippen LogP contribution >= 0.6 is 11.6 Å². The molecular formula is C15H16ClNO. The van der Waals surface area contributed by atoms with E-state index < -0.39 is 0 Å². The van der Waals surface area contributed by atoms with Crippen LogP contribution in [-0.2, 0) is 0 Å². The number of ether oxygens (including phenoxy) is 1. The van der Waals surface area contributed by atoms with Crippen molar-refractivity contribution in [3.8, 4) is 5.75 Å². The Hall–Kier alpha value is -1.67. The van der Waals surface area contributed by atoms with Crippen LogP contribution in [0.4, 0.5) is 5.69 Å². The summed E-state index contributed by atoms with van der Waals surface area (Å²) in [5.74, 6) is 0.846. The van der Waals surface area contributed by atoms with E-state index in [1.807, 2.05) is 48.5 Å². The van der Waals surface area contributed by atoms with Gasteiger partial charge in [-0.3, -0.25) is 0 Å². The number of rotatable bonds is 4. The highest BCUT2D eigenvalue weighted by Crippen LogP contribution is 2.27. The molecule has 0 aliphatic rings. The maximum absolute atomic E-state index is 5.88. The molecule has 0 aliphatic heterocycles. The molecule has 0 aliphatic carbocycles. The topological polar surface area (TPSA) is 21.3 Å². The molecule has 0 amide bonds. The molecule has 0 aromatic heterocycles. The summed E-state index contributed by atoms with van der Waals surface area (Å²) in [5.41, 5.74) is 2.17. The lowest BCUT2D eigenvalue weighted by atomic mass is 10.1. The SMILES string of the molecule is COc1ccccc1NC(C)c1ccc(Cl)cc1. The monoisotopic (exact) mass is 261 g/mol. The predicted molar refractivity (Wildman–Crippen MR) is 76.5 cm³/mol. The Labute approximate surface area is 113 Å². The summed E-state index contributed by atoms with van der Waals surface area (Å²) in [4.78, 5) is 0. The first-order chi connectivity index (χ1) is 8.70. The molecule has 3 heteroatoms. The molecule has 0 saturated heterocycles. The van der Waals surface area contributed by atoms with Crippen molar-refractivity contribution in [1.29, 1.82) is 0 Å². The summed E-state index contributed by atoms with van der Waals surface area (Å²) in [6, 6.07) is 15.9. The average molecular weight is 262 g/mol. The standard InChI is InChI=1S/C15H16ClNO/c1-11(12-7-9-13(16)10-8-12)17-14-5-3-4-6-15(14)18-2/h3-11,17H,1-2H3. The fourth-order valence-electron chi connectivity index (χ4n) is 1.83. The second kappa shape index (κ2) is 5.78. The van der Waals surface area contributed by atoms with Crippen molar-refractivity contribution in [3.63, 3.8) is 0 Å². The molecule has 2 aromatic rings. The van der Waals surface area contributed by atoms with E-state index in [2.05, 4.69) is 12.2 Å². The first-order valence-corrected chi connectivity index (χ1v) is 6.23. The third kappa shape index (κ3) is 2.96. The van der Waals surface area contributed by atoms with Gasteiger partial charge in [-0.1, -0.05) is 35.9 Å². The van der Waals surface area contributed by atoms with Crippen LogP contribution in [0.2, 0.25) is 5.02 Å². The zero-order valence-corrected chi connectivity index (χ0v) is 11.2. The Bertz CT molecular complexity index is 510. The van der Waals surface area contributed by atoms with Gasteiger partial charge >= 0.3 is 0 Å². The van der Waals surface area contributed by atoms with Gasteiger partial charge in [-0.05, 0) is 36.8 Å². The van der Waals surface area contributed by atoms with Crippen LogP contribution in [0.15, 0.2) is 48.5 Å². The van der Waals surface area contributed by atoms with E-state index >= 15 is 0 Å². The number of anilines is 1. The minimum absolute atomic E-state index is 0.193. The highest BCUT2D eigenvalue weighted by Gasteiger charge is 2.08. The first-order valence-electron chi connectivity index (χ1n) is 5.85. The van der Waals surface area contributed by atoms with Gasteiger partial charge < -0.3 is 10.1 Å². The number of benzene rings is 2. The summed E-state index contributed by atoms with van der Waals surface area (Å²) in [6.07, 6.45) is 0. The van der Waals surface area contributed by atoms with E-state index in [9.17, 15) is 0 Å². The molecule has 0 spiro atoms. The lowest BCUT2D eigenvalue weighted by Crippen LogP contribution is -2.07. The van der Waals surface area contributed by atoms with Crippen LogP contribution in [0.5, 0.6) is 5.75 Å². The van der Waals surface area contributed by atoms with Gasteiger partial charge in [0.25, 0.3) is 0 Å². The normalized spacial score (nSPS) is 11.9. The minimum Gasteiger partial charge on any atom is -0.495 e. The van der Waals surface area contributed by atoms with Crippen LogP contribution in [0.1, 0.15) is 18.5 Å². The maximum Gasteiger partial charge on any atom is 0.141 e. The molecular weight excluding hydrogens is 246 g/mol. The molecule has 18 heavy (non-hydrogen) atoms. The molecule has 0 fully saturated rings. The van der Waals surface area contributed by atoms with Gasteiger partial charge in [0.05, 0.1) is 12.8 Å². The molecule has 0 radical (unpaired) electrons. The number of hydrogen-bond donors (Lipinski definition) is 1. The van der Waals surface area contributed by atoms with Crippen LogP contribution in [0.25, 0.3) is 0 Å². The predicted octanol–water partition coefficient (Wildman–Crippen LogP) is 4.52. The molecule has 0 heterocycles. The molecule has 1 unspecified atom stereocenters. The van der Waals surface area contributed by atoms with Crippen LogP contribution in [0, 0.1) is 0 Å². The van der Waals surface area contributed by atoms with Crippen molar-refractivity contribution in [2.24, 2.45) is 0 Å². The third-order valence-corrected chi connectivity index (χ3v) is 3.10. The highest BCUT2D eigenvalue weighted by molar-refractivity contribution is 6.30. The molecule has 94 valence electrons. The van der Waals surface area contributed by atoms with E-state index in [-0.39, 0.29) is 6.04 Å². The summed E-state index contributed by atoms with van der Waals surface area (Å²) < 4.78 is 5.32. The summed E-state index contributed by atoms with van der Waals surface area (Å²) in [5, 5.41) is 4.18. The van der Waals surface area contributed by atoms with Crippen LogP contribution in [0.3, 0.4) is 0 Å². The van der Waals surface area contributed by atoms with Crippen molar-refractivity contribution < 1.29 is 4.74 Å².